The Morgan fingerprint density at radius 1 is 1.43 bits per heavy atom. The first kappa shape index (κ1) is 7.68. The quantitative estimate of drug-likeness (QED) is 0.664. The first-order chi connectivity index (χ1) is 6.77. The predicted octanol–water partition coefficient (Wildman–Crippen LogP) is 2.25. The Morgan fingerprint density at radius 2 is 2.29 bits per heavy atom. The van der Waals surface area contributed by atoms with Gasteiger partial charge in [0.25, 0.3) is 0 Å². The summed E-state index contributed by atoms with van der Waals surface area (Å²) in [6.07, 6.45) is 2.19. The Bertz CT molecular complexity index is 534. The van der Waals surface area contributed by atoms with Crippen LogP contribution in [0.1, 0.15) is 11.1 Å². The smallest absolute Gasteiger partial charge is 0.0488 e. The molecule has 1 aliphatic heterocycles. The molecular formula is C12H12N2. The standard InChI is InChI=1S/C12H12N2/c1-8-10-4-3-5-11-12(10)9(6-13-8)7-14(11)2/h3-5,7,13H,1,6H2,2H3. The minimum Gasteiger partial charge on any atom is -0.381 e. The van der Waals surface area contributed by atoms with Crippen LogP contribution >= 0.6 is 0 Å². The van der Waals surface area contributed by atoms with E-state index in [1.165, 1.54) is 22.0 Å². The van der Waals surface area contributed by atoms with E-state index in [9.17, 15) is 0 Å². The minimum absolute atomic E-state index is 0.896. The van der Waals surface area contributed by atoms with E-state index in [4.69, 9.17) is 0 Å². The Kier molecular flexibility index (Phi) is 1.32. The zero-order valence-corrected chi connectivity index (χ0v) is 8.17. The molecule has 0 saturated heterocycles. The third-order valence-corrected chi connectivity index (χ3v) is 2.91. The van der Waals surface area contributed by atoms with E-state index < -0.39 is 0 Å². The van der Waals surface area contributed by atoms with Gasteiger partial charge < -0.3 is 9.88 Å². The molecular weight excluding hydrogens is 172 g/mol. The fourth-order valence-electron chi connectivity index (χ4n) is 2.22. The Labute approximate surface area is 82.8 Å². The normalized spacial score (nSPS) is 14.5. The van der Waals surface area contributed by atoms with E-state index in [2.05, 4.69) is 47.9 Å². The summed E-state index contributed by atoms with van der Waals surface area (Å²) in [5, 5.41) is 4.66. The summed E-state index contributed by atoms with van der Waals surface area (Å²) in [7, 11) is 2.09. The van der Waals surface area contributed by atoms with Crippen LogP contribution in [0.15, 0.2) is 31.0 Å². The summed E-state index contributed by atoms with van der Waals surface area (Å²) in [5.74, 6) is 0. The zero-order valence-electron chi connectivity index (χ0n) is 8.17. The highest BCUT2D eigenvalue weighted by atomic mass is 15.0. The first-order valence-electron chi connectivity index (χ1n) is 4.77. The molecule has 1 aromatic carbocycles. The van der Waals surface area contributed by atoms with Crippen LogP contribution in [-0.2, 0) is 13.6 Å². The SMILES string of the molecule is C=C1NCc2cn(C)c3cccc1c23. The van der Waals surface area contributed by atoms with Crippen molar-refractivity contribution in [3.63, 3.8) is 0 Å². The summed E-state index contributed by atoms with van der Waals surface area (Å²) < 4.78 is 2.18. The van der Waals surface area contributed by atoms with Crippen molar-refractivity contribution in [3.8, 4) is 0 Å². The lowest BCUT2D eigenvalue weighted by Gasteiger charge is -2.16. The third-order valence-electron chi connectivity index (χ3n) is 2.91. The highest BCUT2D eigenvalue weighted by Gasteiger charge is 2.16. The van der Waals surface area contributed by atoms with Crippen LogP contribution in [0.25, 0.3) is 16.6 Å². The number of benzene rings is 1. The lowest BCUT2D eigenvalue weighted by molar-refractivity contribution is 0.873. The molecule has 0 atom stereocenters. The molecule has 2 heteroatoms. The van der Waals surface area contributed by atoms with Gasteiger partial charge in [-0.1, -0.05) is 18.7 Å². The zero-order chi connectivity index (χ0) is 9.71. The maximum Gasteiger partial charge on any atom is 0.0488 e. The maximum absolute atomic E-state index is 4.03. The van der Waals surface area contributed by atoms with Crippen molar-refractivity contribution < 1.29 is 0 Å². The van der Waals surface area contributed by atoms with Gasteiger partial charge in [-0.25, -0.2) is 0 Å². The molecule has 0 unspecified atom stereocenters. The lowest BCUT2D eigenvalue weighted by atomic mass is 10.0. The molecule has 0 amide bonds. The Balaban J connectivity index is 2.53. The van der Waals surface area contributed by atoms with E-state index in [-0.39, 0.29) is 0 Å². The Morgan fingerprint density at radius 3 is 3.14 bits per heavy atom. The molecule has 0 saturated carbocycles. The van der Waals surface area contributed by atoms with Gasteiger partial charge >= 0.3 is 0 Å². The van der Waals surface area contributed by atoms with Crippen LogP contribution in [0.2, 0.25) is 0 Å². The molecule has 2 heterocycles. The average molecular weight is 184 g/mol. The summed E-state index contributed by atoms with van der Waals surface area (Å²) in [6, 6.07) is 6.36. The van der Waals surface area contributed by atoms with Crippen LogP contribution < -0.4 is 5.32 Å². The number of nitrogens with one attached hydrogen (secondary N) is 1. The molecule has 0 radical (unpaired) electrons. The van der Waals surface area contributed by atoms with E-state index in [0.29, 0.717) is 0 Å². The molecule has 14 heavy (non-hydrogen) atoms. The van der Waals surface area contributed by atoms with Crippen LogP contribution in [-0.4, -0.2) is 4.57 Å². The molecule has 0 bridgehead atoms. The summed E-state index contributed by atoms with van der Waals surface area (Å²) in [4.78, 5) is 0. The molecule has 1 N–H and O–H groups in total. The van der Waals surface area contributed by atoms with Crippen molar-refractivity contribution in [2.24, 2.45) is 7.05 Å². The van der Waals surface area contributed by atoms with Gasteiger partial charge in [0.1, 0.15) is 0 Å². The van der Waals surface area contributed by atoms with E-state index >= 15 is 0 Å². The highest BCUT2D eigenvalue weighted by Crippen LogP contribution is 2.31. The van der Waals surface area contributed by atoms with Crippen LogP contribution in [0.3, 0.4) is 0 Å². The number of aryl methyl sites for hydroxylation is 1. The number of aromatic nitrogens is 1. The molecule has 70 valence electrons. The second-order valence-corrected chi connectivity index (χ2v) is 3.80. The van der Waals surface area contributed by atoms with E-state index in [1.54, 1.807) is 0 Å². The second-order valence-electron chi connectivity index (χ2n) is 3.80. The van der Waals surface area contributed by atoms with Gasteiger partial charge in [0.15, 0.2) is 0 Å². The summed E-state index contributed by atoms with van der Waals surface area (Å²) in [5.41, 5.74) is 4.93. The number of rotatable bonds is 0. The van der Waals surface area contributed by atoms with Crippen LogP contribution in [0, 0.1) is 0 Å². The van der Waals surface area contributed by atoms with E-state index in [0.717, 1.165) is 12.2 Å². The number of hydrogen-bond acceptors (Lipinski definition) is 1. The number of nitrogens with zero attached hydrogens (tertiary/aromatic N) is 1. The average Bonchev–Trinajstić information content (AvgIpc) is 2.52. The van der Waals surface area contributed by atoms with Gasteiger partial charge in [0.05, 0.1) is 0 Å². The Hall–Kier alpha value is -1.70. The minimum atomic E-state index is 0.896. The van der Waals surface area contributed by atoms with Crippen molar-refractivity contribution in [2.75, 3.05) is 0 Å². The monoisotopic (exact) mass is 184 g/mol. The molecule has 0 aliphatic carbocycles. The molecule has 1 aliphatic rings. The van der Waals surface area contributed by atoms with Gasteiger partial charge in [0.2, 0.25) is 0 Å². The van der Waals surface area contributed by atoms with Gasteiger partial charge in [-0.05, 0) is 11.6 Å². The van der Waals surface area contributed by atoms with Crippen LogP contribution in [0.5, 0.6) is 0 Å². The number of hydrogen-bond donors (Lipinski definition) is 1. The fraction of sp³-hybridized carbons (Fsp3) is 0.167. The van der Waals surface area contributed by atoms with Crippen molar-refractivity contribution in [3.05, 3.63) is 42.1 Å². The van der Waals surface area contributed by atoms with Gasteiger partial charge in [-0.2, -0.15) is 0 Å². The van der Waals surface area contributed by atoms with Gasteiger partial charge in [-0.3, -0.25) is 0 Å². The second kappa shape index (κ2) is 2.41. The molecule has 3 rings (SSSR count). The van der Waals surface area contributed by atoms with Gasteiger partial charge in [-0.15, -0.1) is 0 Å². The third kappa shape index (κ3) is 0.803. The van der Waals surface area contributed by atoms with E-state index in [1.807, 2.05) is 0 Å². The predicted molar refractivity (Wildman–Crippen MR) is 58.8 cm³/mol. The molecule has 2 nitrogen and oxygen atoms in total. The largest absolute Gasteiger partial charge is 0.381 e. The van der Waals surface area contributed by atoms with Gasteiger partial charge in [0, 0.05) is 42.0 Å². The summed E-state index contributed by atoms with van der Waals surface area (Å²) in [6.45, 7) is 4.92. The van der Waals surface area contributed by atoms with Crippen molar-refractivity contribution in [2.45, 2.75) is 6.54 Å². The van der Waals surface area contributed by atoms with Crippen LogP contribution in [0.4, 0.5) is 0 Å². The molecule has 0 spiro atoms. The topological polar surface area (TPSA) is 17.0 Å². The first-order valence-corrected chi connectivity index (χ1v) is 4.77. The lowest BCUT2D eigenvalue weighted by Crippen LogP contribution is -2.15. The highest BCUT2D eigenvalue weighted by molar-refractivity contribution is 5.96. The molecule has 0 fully saturated rings. The van der Waals surface area contributed by atoms with Crippen molar-refractivity contribution >= 4 is 16.6 Å². The van der Waals surface area contributed by atoms with Crippen molar-refractivity contribution in [1.29, 1.82) is 0 Å². The maximum atomic E-state index is 4.03. The fourth-order valence-corrected chi connectivity index (χ4v) is 2.22. The summed E-state index contributed by atoms with van der Waals surface area (Å²) >= 11 is 0. The van der Waals surface area contributed by atoms with Crippen molar-refractivity contribution in [1.82, 2.24) is 9.88 Å². The molecule has 1 aromatic heterocycles. The molecule has 2 aromatic rings.